The molecule has 8 atom stereocenters. The number of ether oxygens (including phenoxy) is 1. The molecule has 0 N–H and O–H groups in total. The molecule has 2 nitrogen and oxygen atoms in total. The van der Waals surface area contributed by atoms with Crippen molar-refractivity contribution in [3.8, 4) is 0 Å². The standard InChI is InChI=1S/C32H52O2S/c1-27(2)14-15-29(5)16-17-31(7)21(22(29)19-27)18-23(33)26-30(6)12-11-25(34-20-35-9)28(3,4)24(30)10-13-32(26,31)8/h18,22,24-26H,10-17,19-20H2,1-9H3/t22-,24-,25?,26+,29?,30?,31?,32?/m0/s1. The molecule has 0 amide bonds. The van der Waals surface area contributed by atoms with E-state index in [9.17, 15) is 4.79 Å². The maximum atomic E-state index is 14.4. The van der Waals surface area contributed by atoms with E-state index >= 15 is 0 Å². The van der Waals surface area contributed by atoms with E-state index in [0.29, 0.717) is 34.6 Å². The second-order valence-electron chi connectivity index (χ2n) is 15.8. The summed E-state index contributed by atoms with van der Waals surface area (Å²) in [5, 5.41) is 0. The van der Waals surface area contributed by atoms with Crippen LogP contribution in [0.1, 0.15) is 113 Å². The van der Waals surface area contributed by atoms with Crippen molar-refractivity contribution in [3.63, 3.8) is 0 Å². The molecule has 0 bridgehead atoms. The van der Waals surface area contributed by atoms with Crippen molar-refractivity contribution in [2.75, 3.05) is 12.2 Å². The highest BCUT2D eigenvalue weighted by molar-refractivity contribution is 7.98. The lowest BCUT2D eigenvalue weighted by Gasteiger charge is -2.70. The zero-order valence-corrected chi connectivity index (χ0v) is 25.0. The summed E-state index contributed by atoms with van der Waals surface area (Å²) in [7, 11) is 0. The van der Waals surface area contributed by atoms with E-state index in [0.717, 1.165) is 18.8 Å². The zero-order valence-electron chi connectivity index (χ0n) is 24.2. The molecule has 0 aromatic rings. The number of carbonyl (C=O) groups is 1. The second kappa shape index (κ2) is 8.11. The molecule has 0 aliphatic heterocycles. The van der Waals surface area contributed by atoms with E-state index in [1.807, 2.05) is 0 Å². The Kier molecular flexibility index (Phi) is 6.10. The van der Waals surface area contributed by atoms with Gasteiger partial charge in [0.05, 0.1) is 12.0 Å². The molecule has 0 aromatic carbocycles. The highest BCUT2D eigenvalue weighted by atomic mass is 32.2. The minimum atomic E-state index is 0.0599. The molecular weight excluding hydrogens is 448 g/mol. The molecule has 0 saturated heterocycles. The van der Waals surface area contributed by atoms with E-state index in [-0.39, 0.29) is 27.6 Å². The average Bonchev–Trinajstić information content (AvgIpc) is 2.75. The van der Waals surface area contributed by atoms with E-state index in [4.69, 9.17) is 4.74 Å². The Morgan fingerprint density at radius 2 is 1.60 bits per heavy atom. The molecule has 35 heavy (non-hydrogen) atoms. The summed E-state index contributed by atoms with van der Waals surface area (Å²) in [5.41, 5.74) is 2.69. The van der Waals surface area contributed by atoms with Gasteiger partial charge in [0.25, 0.3) is 0 Å². The van der Waals surface area contributed by atoms with E-state index < -0.39 is 0 Å². The van der Waals surface area contributed by atoms with Crippen molar-refractivity contribution in [2.24, 2.45) is 50.2 Å². The lowest BCUT2D eigenvalue weighted by molar-refractivity contribution is -0.206. The van der Waals surface area contributed by atoms with Crippen molar-refractivity contribution in [1.29, 1.82) is 0 Å². The summed E-state index contributed by atoms with van der Waals surface area (Å²) < 4.78 is 6.39. The molecule has 0 radical (unpaired) electrons. The monoisotopic (exact) mass is 500 g/mol. The lowest BCUT2D eigenvalue weighted by atomic mass is 9.33. The first-order valence-electron chi connectivity index (χ1n) is 14.5. The lowest BCUT2D eigenvalue weighted by Crippen LogP contribution is -2.66. The Bertz CT molecular complexity index is 919. The van der Waals surface area contributed by atoms with Gasteiger partial charge in [0.2, 0.25) is 0 Å². The van der Waals surface area contributed by atoms with Gasteiger partial charge in [-0.15, -0.1) is 11.8 Å². The van der Waals surface area contributed by atoms with Crippen LogP contribution in [-0.4, -0.2) is 24.1 Å². The summed E-state index contributed by atoms with van der Waals surface area (Å²) in [4.78, 5) is 14.4. The SMILES string of the molecule is CSCOC1CCC2(C)[C@H]3C(=O)C=C4[C@@H]5CC(C)(C)CCC5(C)CCC4(C)C3(C)CC[C@H]2C1(C)C. The van der Waals surface area contributed by atoms with E-state index in [1.165, 1.54) is 44.9 Å². The van der Waals surface area contributed by atoms with Gasteiger partial charge in [-0.3, -0.25) is 4.79 Å². The molecule has 3 heteroatoms. The van der Waals surface area contributed by atoms with Gasteiger partial charge in [-0.1, -0.05) is 61.0 Å². The maximum absolute atomic E-state index is 14.4. The molecule has 4 saturated carbocycles. The molecular formula is C32H52O2S. The average molecular weight is 501 g/mol. The number of rotatable bonds is 3. The summed E-state index contributed by atoms with van der Waals surface area (Å²) in [5.74, 6) is 2.50. The number of hydrogen-bond donors (Lipinski definition) is 0. The molecule has 0 heterocycles. The molecule has 5 aliphatic rings. The number of carbonyl (C=O) groups excluding carboxylic acids is 1. The predicted octanol–water partition coefficient (Wildman–Crippen LogP) is 8.69. The highest BCUT2D eigenvalue weighted by Crippen LogP contribution is 2.75. The summed E-state index contributed by atoms with van der Waals surface area (Å²) in [6.07, 6.45) is 15.8. The fraction of sp³-hybridized carbons (Fsp3) is 0.906. The number of hydrogen-bond acceptors (Lipinski definition) is 3. The molecule has 5 rings (SSSR count). The number of allylic oxidation sites excluding steroid dienone is 2. The van der Waals surface area contributed by atoms with Crippen molar-refractivity contribution in [2.45, 2.75) is 119 Å². The van der Waals surface area contributed by atoms with Gasteiger partial charge in [0.1, 0.15) is 0 Å². The Balaban J connectivity index is 1.56. The van der Waals surface area contributed by atoms with Crippen LogP contribution in [0.15, 0.2) is 11.6 Å². The zero-order chi connectivity index (χ0) is 25.7. The number of thioether (sulfide) groups is 1. The van der Waals surface area contributed by atoms with Crippen LogP contribution in [0.25, 0.3) is 0 Å². The van der Waals surface area contributed by atoms with Gasteiger partial charge >= 0.3 is 0 Å². The summed E-state index contributed by atoms with van der Waals surface area (Å²) in [6, 6.07) is 0. The predicted molar refractivity (Wildman–Crippen MR) is 148 cm³/mol. The Morgan fingerprint density at radius 1 is 0.914 bits per heavy atom. The molecule has 198 valence electrons. The van der Waals surface area contributed by atoms with E-state index in [1.54, 1.807) is 17.3 Å². The third-order valence-electron chi connectivity index (χ3n) is 13.1. The van der Waals surface area contributed by atoms with Crippen LogP contribution in [0, 0.1) is 50.2 Å². The van der Waals surface area contributed by atoms with Crippen molar-refractivity contribution in [3.05, 3.63) is 11.6 Å². The molecule has 5 aliphatic carbocycles. The van der Waals surface area contributed by atoms with Gasteiger partial charge in [0.15, 0.2) is 5.78 Å². The Labute approximate surface area is 220 Å². The third kappa shape index (κ3) is 3.55. The van der Waals surface area contributed by atoms with Crippen molar-refractivity contribution in [1.82, 2.24) is 0 Å². The normalized spacial score (nSPS) is 50.3. The molecule has 5 unspecified atom stereocenters. The van der Waals surface area contributed by atoms with Crippen molar-refractivity contribution >= 4 is 17.5 Å². The van der Waals surface area contributed by atoms with Crippen LogP contribution in [0.2, 0.25) is 0 Å². The van der Waals surface area contributed by atoms with Crippen LogP contribution in [0.4, 0.5) is 0 Å². The van der Waals surface area contributed by atoms with Crippen LogP contribution in [0.3, 0.4) is 0 Å². The minimum absolute atomic E-state index is 0.0599. The second-order valence-corrected chi connectivity index (χ2v) is 16.6. The Hall–Kier alpha value is -0.280. The van der Waals surface area contributed by atoms with Gasteiger partial charge in [0, 0.05) is 5.92 Å². The number of ketones is 1. The first-order chi connectivity index (χ1) is 16.1. The highest BCUT2D eigenvalue weighted by Gasteiger charge is 2.70. The summed E-state index contributed by atoms with van der Waals surface area (Å²) >= 11 is 1.78. The van der Waals surface area contributed by atoms with Crippen LogP contribution in [-0.2, 0) is 9.53 Å². The van der Waals surface area contributed by atoms with Gasteiger partial charge in [-0.05, 0) is 114 Å². The fourth-order valence-electron chi connectivity index (χ4n) is 10.8. The number of fused-ring (bicyclic) bond motifs is 7. The van der Waals surface area contributed by atoms with Gasteiger partial charge in [-0.25, -0.2) is 0 Å². The third-order valence-corrected chi connectivity index (χ3v) is 13.5. The minimum Gasteiger partial charge on any atom is -0.367 e. The van der Waals surface area contributed by atoms with Crippen molar-refractivity contribution < 1.29 is 9.53 Å². The molecule has 0 spiro atoms. The molecule has 0 aromatic heterocycles. The first-order valence-corrected chi connectivity index (χ1v) is 15.9. The quantitative estimate of drug-likeness (QED) is 0.362. The Morgan fingerprint density at radius 3 is 2.29 bits per heavy atom. The first kappa shape index (κ1) is 26.3. The van der Waals surface area contributed by atoms with Gasteiger partial charge in [-0.2, -0.15) is 0 Å². The van der Waals surface area contributed by atoms with E-state index in [2.05, 4.69) is 67.7 Å². The van der Waals surface area contributed by atoms with Crippen LogP contribution >= 0.6 is 11.8 Å². The van der Waals surface area contributed by atoms with Gasteiger partial charge < -0.3 is 4.74 Å². The van der Waals surface area contributed by atoms with Crippen LogP contribution in [0.5, 0.6) is 0 Å². The summed E-state index contributed by atoms with van der Waals surface area (Å²) in [6.45, 7) is 20.0. The maximum Gasteiger partial charge on any atom is 0.159 e. The fourth-order valence-corrected chi connectivity index (χ4v) is 11.1. The van der Waals surface area contributed by atoms with Crippen LogP contribution < -0.4 is 0 Å². The topological polar surface area (TPSA) is 26.3 Å². The largest absolute Gasteiger partial charge is 0.367 e. The smallest absolute Gasteiger partial charge is 0.159 e. The molecule has 4 fully saturated rings.